The van der Waals surface area contributed by atoms with Crippen LogP contribution in [0.1, 0.15) is 6.92 Å². The maximum absolute atomic E-state index is 9.14. The Morgan fingerprint density at radius 3 is 2.56 bits per heavy atom. The summed E-state index contributed by atoms with van der Waals surface area (Å²) in [4.78, 5) is 9.14. The van der Waals surface area contributed by atoms with Gasteiger partial charge in [0.1, 0.15) is 0 Å². The van der Waals surface area contributed by atoms with E-state index in [2.05, 4.69) is 0 Å². The van der Waals surface area contributed by atoms with Gasteiger partial charge < -0.3 is 4.89 Å². The predicted molar refractivity (Wildman–Crippen MR) is 32.7 cm³/mol. The SMILES string of the molecule is CCO[P]1(O)OCCO1. The Bertz CT molecular complexity index is 90.6. The molecule has 1 aliphatic rings. The van der Waals surface area contributed by atoms with Crippen LogP contribution in [0.25, 0.3) is 0 Å². The minimum Gasteiger partial charge on any atom is -0.314 e. The molecule has 1 radical (unpaired) electrons. The molecule has 5 heteroatoms. The van der Waals surface area contributed by atoms with Gasteiger partial charge in [-0.15, -0.1) is 0 Å². The Labute approximate surface area is 54.4 Å². The van der Waals surface area contributed by atoms with E-state index in [-0.39, 0.29) is 0 Å². The van der Waals surface area contributed by atoms with E-state index >= 15 is 0 Å². The normalized spacial score (nSPS) is 24.7. The molecule has 1 saturated heterocycles. The highest BCUT2D eigenvalue weighted by molar-refractivity contribution is 7.55. The molecule has 0 atom stereocenters. The van der Waals surface area contributed by atoms with Crippen LogP contribution in [0.3, 0.4) is 0 Å². The molecule has 1 fully saturated rings. The molecule has 0 amide bonds. The van der Waals surface area contributed by atoms with Gasteiger partial charge in [-0.1, -0.05) is 0 Å². The van der Waals surface area contributed by atoms with Gasteiger partial charge in [-0.05, 0) is 6.92 Å². The summed E-state index contributed by atoms with van der Waals surface area (Å²) in [5.41, 5.74) is 0. The van der Waals surface area contributed by atoms with Gasteiger partial charge >= 0.3 is 8.17 Å². The highest BCUT2D eigenvalue weighted by Gasteiger charge is 2.33. The van der Waals surface area contributed by atoms with Crippen LogP contribution in [0.5, 0.6) is 0 Å². The maximum atomic E-state index is 9.14. The molecular weight excluding hydrogens is 143 g/mol. The first kappa shape index (κ1) is 7.38. The fraction of sp³-hybridized carbons (Fsp3) is 1.00. The molecule has 1 heterocycles. The molecular formula is C4H10O4P. The monoisotopic (exact) mass is 153 g/mol. The van der Waals surface area contributed by atoms with Crippen molar-refractivity contribution in [3.05, 3.63) is 0 Å². The fourth-order valence-electron chi connectivity index (χ4n) is 0.580. The quantitative estimate of drug-likeness (QED) is 0.594. The second-order valence-corrected chi connectivity index (χ2v) is 3.26. The Morgan fingerprint density at radius 1 is 1.56 bits per heavy atom. The van der Waals surface area contributed by atoms with Crippen LogP contribution < -0.4 is 0 Å². The van der Waals surface area contributed by atoms with E-state index in [1.807, 2.05) is 0 Å². The molecule has 1 N–H and O–H groups in total. The Kier molecular flexibility index (Phi) is 2.38. The van der Waals surface area contributed by atoms with Crippen molar-refractivity contribution >= 4 is 8.17 Å². The number of hydrogen-bond donors (Lipinski definition) is 1. The summed E-state index contributed by atoms with van der Waals surface area (Å²) in [6, 6.07) is 0. The van der Waals surface area contributed by atoms with Gasteiger partial charge in [0.15, 0.2) is 0 Å². The molecule has 0 unspecified atom stereocenters. The molecule has 9 heavy (non-hydrogen) atoms. The molecule has 0 bridgehead atoms. The van der Waals surface area contributed by atoms with Crippen LogP contribution in [0, 0.1) is 0 Å². The van der Waals surface area contributed by atoms with E-state index in [1.165, 1.54) is 0 Å². The van der Waals surface area contributed by atoms with Crippen LogP contribution in [0.2, 0.25) is 0 Å². The fourth-order valence-corrected chi connectivity index (χ4v) is 1.74. The average molecular weight is 153 g/mol. The smallest absolute Gasteiger partial charge is 0.314 e. The van der Waals surface area contributed by atoms with Crippen molar-refractivity contribution in [3.63, 3.8) is 0 Å². The summed E-state index contributed by atoms with van der Waals surface area (Å²) in [5.74, 6) is 0. The lowest BCUT2D eigenvalue weighted by Crippen LogP contribution is -1.95. The maximum Gasteiger partial charge on any atom is 0.377 e. The first-order valence-electron chi connectivity index (χ1n) is 2.82. The first-order chi connectivity index (χ1) is 4.27. The van der Waals surface area contributed by atoms with Gasteiger partial charge in [-0.25, -0.2) is 0 Å². The number of rotatable bonds is 2. The van der Waals surface area contributed by atoms with Crippen molar-refractivity contribution in [2.45, 2.75) is 6.92 Å². The van der Waals surface area contributed by atoms with E-state index in [9.17, 15) is 0 Å². The molecule has 0 aliphatic carbocycles. The lowest BCUT2D eigenvalue weighted by molar-refractivity contribution is 0.162. The predicted octanol–water partition coefficient (Wildman–Crippen LogP) is 0.740. The van der Waals surface area contributed by atoms with Crippen molar-refractivity contribution in [3.8, 4) is 0 Å². The summed E-state index contributed by atoms with van der Waals surface area (Å²) < 4.78 is 14.4. The van der Waals surface area contributed by atoms with Gasteiger partial charge in [0.2, 0.25) is 0 Å². The lowest BCUT2D eigenvalue weighted by atomic mass is 10.8. The third kappa shape index (κ3) is 1.85. The van der Waals surface area contributed by atoms with Crippen molar-refractivity contribution < 1.29 is 18.5 Å². The zero-order chi connectivity index (χ0) is 6.74. The zero-order valence-corrected chi connectivity index (χ0v) is 6.13. The molecule has 0 spiro atoms. The van der Waals surface area contributed by atoms with E-state index in [1.54, 1.807) is 6.92 Å². The average Bonchev–Trinajstić information content (AvgIpc) is 2.16. The van der Waals surface area contributed by atoms with Crippen LogP contribution in [0.4, 0.5) is 0 Å². The second-order valence-electron chi connectivity index (χ2n) is 1.55. The molecule has 4 nitrogen and oxygen atoms in total. The summed E-state index contributed by atoms with van der Waals surface area (Å²) in [5, 5.41) is 0. The van der Waals surface area contributed by atoms with Crippen LogP contribution >= 0.6 is 8.17 Å². The van der Waals surface area contributed by atoms with Gasteiger partial charge in [0.05, 0.1) is 19.8 Å². The standard InChI is InChI=1S/C4H10O4P/c1-2-6-9(5)7-3-4-8-9/h5H,2-4H2,1H3. The largest absolute Gasteiger partial charge is 0.377 e. The van der Waals surface area contributed by atoms with E-state index < -0.39 is 8.17 Å². The van der Waals surface area contributed by atoms with E-state index in [4.69, 9.17) is 18.5 Å². The minimum absolute atomic E-state index is 0.421. The van der Waals surface area contributed by atoms with Crippen LogP contribution in [0.15, 0.2) is 0 Å². The summed E-state index contributed by atoms with van der Waals surface area (Å²) in [7, 11) is -2.82. The summed E-state index contributed by atoms with van der Waals surface area (Å²) in [6.07, 6.45) is 0. The molecule has 0 aromatic carbocycles. The highest BCUT2D eigenvalue weighted by Crippen LogP contribution is 2.60. The van der Waals surface area contributed by atoms with Gasteiger partial charge in [-0.3, -0.25) is 13.6 Å². The van der Waals surface area contributed by atoms with Crippen LogP contribution in [-0.4, -0.2) is 24.7 Å². The van der Waals surface area contributed by atoms with Crippen molar-refractivity contribution in [1.82, 2.24) is 0 Å². The third-order valence-corrected chi connectivity index (χ3v) is 2.49. The number of hydrogen-bond acceptors (Lipinski definition) is 4. The summed E-state index contributed by atoms with van der Waals surface area (Å²) in [6.45, 7) is 3.07. The van der Waals surface area contributed by atoms with E-state index in [0.29, 0.717) is 19.8 Å². The minimum atomic E-state index is -2.82. The molecule has 55 valence electrons. The topological polar surface area (TPSA) is 47.9 Å². The Hall–Kier alpha value is 0.270. The van der Waals surface area contributed by atoms with Gasteiger partial charge in [-0.2, -0.15) is 0 Å². The first-order valence-corrected chi connectivity index (χ1v) is 4.32. The van der Waals surface area contributed by atoms with Crippen molar-refractivity contribution in [2.24, 2.45) is 0 Å². The molecule has 0 aromatic heterocycles. The van der Waals surface area contributed by atoms with Gasteiger partial charge in [0, 0.05) is 0 Å². The molecule has 1 aliphatic heterocycles. The second kappa shape index (κ2) is 2.90. The summed E-state index contributed by atoms with van der Waals surface area (Å²) >= 11 is 0. The van der Waals surface area contributed by atoms with E-state index in [0.717, 1.165) is 0 Å². The highest BCUT2D eigenvalue weighted by atomic mass is 31.2. The molecule has 0 aromatic rings. The van der Waals surface area contributed by atoms with Gasteiger partial charge in [0.25, 0.3) is 0 Å². The third-order valence-electron chi connectivity index (χ3n) is 0.884. The Morgan fingerprint density at radius 2 is 2.11 bits per heavy atom. The Balaban J connectivity index is 2.32. The zero-order valence-electron chi connectivity index (χ0n) is 5.24. The molecule has 0 saturated carbocycles. The lowest BCUT2D eigenvalue weighted by Gasteiger charge is -2.18. The van der Waals surface area contributed by atoms with Crippen molar-refractivity contribution in [1.29, 1.82) is 0 Å². The van der Waals surface area contributed by atoms with Crippen LogP contribution in [-0.2, 0) is 13.6 Å². The molecule has 1 rings (SSSR count). The van der Waals surface area contributed by atoms with Crippen molar-refractivity contribution in [2.75, 3.05) is 19.8 Å².